The average molecular weight is 265 g/mol. The average Bonchev–Trinajstić information content (AvgIpc) is 2.37. The molecule has 0 radical (unpaired) electrons. The molecule has 0 unspecified atom stereocenters. The smallest absolute Gasteiger partial charge is 0.260 e. The third kappa shape index (κ3) is 3.70. The fraction of sp³-hybridized carbons (Fsp3) is 0.533. The number of carbonyl (C=O) groups excluding carboxylic acids is 1. The van der Waals surface area contributed by atoms with Crippen LogP contribution in [0.2, 0.25) is 0 Å². The minimum Gasteiger partial charge on any atom is -0.483 e. The number of amides is 1. The number of aliphatic hydroxyl groups is 1. The molecule has 4 heteroatoms. The van der Waals surface area contributed by atoms with Crippen LogP contribution in [0.3, 0.4) is 0 Å². The van der Waals surface area contributed by atoms with Crippen molar-refractivity contribution >= 4 is 5.91 Å². The number of benzene rings is 1. The van der Waals surface area contributed by atoms with Crippen LogP contribution in [0.1, 0.15) is 25.0 Å². The highest BCUT2D eigenvalue weighted by molar-refractivity contribution is 5.78. The maximum atomic E-state index is 12.0. The molecule has 0 fully saturated rings. The minimum atomic E-state index is -0.582. The van der Waals surface area contributed by atoms with Gasteiger partial charge in [0.25, 0.3) is 5.91 Å². The second-order valence-electron chi connectivity index (χ2n) is 5.43. The summed E-state index contributed by atoms with van der Waals surface area (Å²) in [7, 11) is 1.67. The predicted molar refractivity (Wildman–Crippen MR) is 75.3 cm³/mol. The SMILES string of the molecule is Cc1cccc(C)c1OCC(=O)N(C)C(C)(C)CO. The van der Waals surface area contributed by atoms with E-state index in [9.17, 15) is 9.90 Å². The molecular formula is C15H23NO3. The first-order chi connectivity index (χ1) is 8.79. The third-order valence-electron chi connectivity index (χ3n) is 3.42. The van der Waals surface area contributed by atoms with Crippen LogP contribution in [0.4, 0.5) is 0 Å². The van der Waals surface area contributed by atoms with Crippen molar-refractivity contribution in [1.29, 1.82) is 0 Å². The Morgan fingerprint density at radius 1 is 1.32 bits per heavy atom. The van der Waals surface area contributed by atoms with Gasteiger partial charge in [-0.15, -0.1) is 0 Å². The fourth-order valence-electron chi connectivity index (χ4n) is 1.70. The number of para-hydroxylation sites is 1. The number of hydrogen-bond donors (Lipinski definition) is 1. The monoisotopic (exact) mass is 265 g/mol. The molecule has 0 atom stereocenters. The molecule has 0 bridgehead atoms. The number of hydrogen-bond acceptors (Lipinski definition) is 3. The van der Waals surface area contributed by atoms with E-state index in [0.29, 0.717) is 0 Å². The summed E-state index contributed by atoms with van der Waals surface area (Å²) in [4.78, 5) is 13.5. The van der Waals surface area contributed by atoms with E-state index in [4.69, 9.17) is 4.74 Å². The van der Waals surface area contributed by atoms with Crippen LogP contribution in [0.25, 0.3) is 0 Å². The van der Waals surface area contributed by atoms with E-state index in [2.05, 4.69) is 0 Å². The van der Waals surface area contributed by atoms with Gasteiger partial charge in [-0.1, -0.05) is 18.2 Å². The molecule has 1 aromatic carbocycles. The van der Waals surface area contributed by atoms with Gasteiger partial charge >= 0.3 is 0 Å². The van der Waals surface area contributed by atoms with Crippen molar-refractivity contribution in [3.05, 3.63) is 29.3 Å². The van der Waals surface area contributed by atoms with Crippen LogP contribution in [0.5, 0.6) is 5.75 Å². The Balaban J connectivity index is 2.70. The van der Waals surface area contributed by atoms with Crippen LogP contribution in [-0.4, -0.2) is 41.7 Å². The molecule has 0 saturated heterocycles. The van der Waals surface area contributed by atoms with Crippen LogP contribution in [0, 0.1) is 13.8 Å². The molecule has 0 aliphatic heterocycles. The van der Waals surface area contributed by atoms with Gasteiger partial charge in [-0.3, -0.25) is 4.79 Å². The highest BCUT2D eigenvalue weighted by atomic mass is 16.5. The molecule has 106 valence electrons. The summed E-state index contributed by atoms with van der Waals surface area (Å²) in [5.74, 6) is 0.604. The topological polar surface area (TPSA) is 49.8 Å². The summed E-state index contributed by atoms with van der Waals surface area (Å²) in [6.07, 6.45) is 0. The lowest BCUT2D eigenvalue weighted by Gasteiger charge is -2.33. The summed E-state index contributed by atoms with van der Waals surface area (Å²) in [5, 5.41) is 9.25. The molecule has 0 heterocycles. The largest absolute Gasteiger partial charge is 0.483 e. The van der Waals surface area contributed by atoms with Gasteiger partial charge in [0.05, 0.1) is 12.1 Å². The van der Waals surface area contributed by atoms with Crippen molar-refractivity contribution < 1.29 is 14.6 Å². The van der Waals surface area contributed by atoms with Crippen molar-refractivity contribution in [3.63, 3.8) is 0 Å². The molecule has 0 saturated carbocycles. The molecule has 0 aliphatic rings. The van der Waals surface area contributed by atoms with Gasteiger partial charge in [-0.05, 0) is 38.8 Å². The minimum absolute atomic E-state index is 0.0222. The van der Waals surface area contributed by atoms with E-state index in [1.54, 1.807) is 7.05 Å². The zero-order valence-electron chi connectivity index (χ0n) is 12.4. The molecule has 4 nitrogen and oxygen atoms in total. The number of rotatable bonds is 5. The molecule has 0 spiro atoms. The zero-order chi connectivity index (χ0) is 14.6. The Morgan fingerprint density at radius 3 is 2.32 bits per heavy atom. The maximum absolute atomic E-state index is 12.0. The van der Waals surface area contributed by atoms with Crippen LogP contribution < -0.4 is 4.74 Å². The lowest BCUT2D eigenvalue weighted by atomic mass is 10.1. The van der Waals surface area contributed by atoms with Gasteiger partial charge < -0.3 is 14.7 Å². The molecule has 1 amide bonds. The van der Waals surface area contributed by atoms with Crippen molar-refractivity contribution in [1.82, 2.24) is 4.90 Å². The Labute approximate surface area is 115 Å². The van der Waals surface area contributed by atoms with Crippen molar-refractivity contribution in [2.24, 2.45) is 0 Å². The van der Waals surface area contributed by atoms with Crippen molar-refractivity contribution in [2.75, 3.05) is 20.3 Å². The van der Waals surface area contributed by atoms with Gasteiger partial charge in [-0.25, -0.2) is 0 Å². The van der Waals surface area contributed by atoms with E-state index in [1.165, 1.54) is 4.90 Å². The standard InChI is InChI=1S/C15H23NO3/c1-11-7-6-8-12(2)14(11)19-9-13(18)16(5)15(3,4)10-17/h6-8,17H,9-10H2,1-5H3. The molecule has 1 rings (SSSR count). The summed E-state index contributed by atoms with van der Waals surface area (Å²) in [5.41, 5.74) is 1.44. The Bertz CT molecular complexity index is 434. The van der Waals surface area contributed by atoms with Crippen molar-refractivity contribution in [2.45, 2.75) is 33.2 Å². The highest BCUT2D eigenvalue weighted by Gasteiger charge is 2.27. The van der Waals surface area contributed by atoms with Crippen molar-refractivity contribution in [3.8, 4) is 5.75 Å². The van der Waals surface area contributed by atoms with E-state index >= 15 is 0 Å². The van der Waals surface area contributed by atoms with Gasteiger partial charge in [-0.2, -0.15) is 0 Å². The lowest BCUT2D eigenvalue weighted by molar-refractivity contribution is -0.138. The first kappa shape index (κ1) is 15.5. The summed E-state index contributed by atoms with van der Waals surface area (Å²) in [6, 6.07) is 5.86. The highest BCUT2D eigenvalue weighted by Crippen LogP contribution is 2.22. The Hall–Kier alpha value is -1.55. The van der Waals surface area contributed by atoms with Gasteiger partial charge in [0.15, 0.2) is 6.61 Å². The molecule has 19 heavy (non-hydrogen) atoms. The lowest BCUT2D eigenvalue weighted by Crippen LogP contribution is -2.49. The third-order valence-corrected chi connectivity index (χ3v) is 3.42. The predicted octanol–water partition coefficient (Wildman–Crippen LogP) is 1.91. The number of nitrogens with zero attached hydrogens (tertiary/aromatic N) is 1. The number of ether oxygens (including phenoxy) is 1. The van der Waals surface area contributed by atoms with Gasteiger partial charge in [0.1, 0.15) is 5.75 Å². The van der Waals surface area contributed by atoms with Crippen LogP contribution >= 0.6 is 0 Å². The van der Waals surface area contributed by atoms with E-state index in [1.807, 2.05) is 45.9 Å². The Morgan fingerprint density at radius 2 is 1.84 bits per heavy atom. The Kier molecular flexibility index (Phi) is 4.95. The first-order valence-corrected chi connectivity index (χ1v) is 6.36. The van der Waals surface area contributed by atoms with Gasteiger partial charge in [0.2, 0.25) is 0 Å². The van der Waals surface area contributed by atoms with E-state index < -0.39 is 5.54 Å². The molecule has 0 aliphatic carbocycles. The summed E-state index contributed by atoms with van der Waals surface area (Å²) in [6.45, 7) is 7.42. The van der Waals surface area contributed by atoms with E-state index in [-0.39, 0.29) is 19.1 Å². The molecule has 0 aromatic heterocycles. The molecule has 1 aromatic rings. The van der Waals surface area contributed by atoms with Gasteiger partial charge in [0, 0.05) is 7.05 Å². The number of aliphatic hydroxyl groups excluding tert-OH is 1. The summed E-state index contributed by atoms with van der Waals surface area (Å²) >= 11 is 0. The number of aryl methyl sites for hydroxylation is 2. The van der Waals surface area contributed by atoms with Crippen LogP contribution in [0.15, 0.2) is 18.2 Å². The van der Waals surface area contributed by atoms with Crippen LogP contribution in [-0.2, 0) is 4.79 Å². The molecular weight excluding hydrogens is 242 g/mol. The van der Waals surface area contributed by atoms with E-state index in [0.717, 1.165) is 16.9 Å². The second kappa shape index (κ2) is 6.06. The normalized spacial score (nSPS) is 11.3. The quantitative estimate of drug-likeness (QED) is 0.884. The second-order valence-corrected chi connectivity index (χ2v) is 5.43. The number of carbonyl (C=O) groups is 1. The first-order valence-electron chi connectivity index (χ1n) is 6.36. The fourth-order valence-corrected chi connectivity index (χ4v) is 1.70. The number of likely N-dealkylation sites (N-methyl/N-ethyl adjacent to an activating group) is 1. The maximum Gasteiger partial charge on any atom is 0.260 e. The molecule has 1 N–H and O–H groups in total. The zero-order valence-corrected chi connectivity index (χ0v) is 12.4. The summed E-state index contributed by atoms with van der Waals surface area (Å²) < 4.78 is 5.62.